The van der Waals surface area contributed by atoms with Gasteiger partial charge < -0.3 is 9.92 Å². The van der Waals surface area contributed by atoms with E-state index in [0.29, 0.717) is 14.9 Å². The predicted molar refractivity (Wildman–Crippen MR) is 101 cm³/mol. The third-order valence-electron chi connectivity index (χ3n) is 3.12. The number of rotatable bonds is 4. The molecule has 0 fully saturated rings. The van der Waals surface area contributed by atoms with Gasteiger partial charge in [0.25, 0.3) is 5.91 Å². The van der Waals surface area contributed by atoms with E-state index in [1.807, 2.05) is 0 Å². The third-order valence-corrected chi connectivity index (χ3v) is 5.80. The molecule has 0 atom stereocenters. The highest BCUT2D eigenvalue weighted by molar-refractivity contribution is 9.10. The van der Waals surface area contributed by atoms with E-state index >= 15 is 0 Å². The average Bonchev–Trinajstić information content (AvgIpc) is 2.88. The molecule has 0 spiro atoms. The minimum Gasteiger partial charge on any atom is -0.378 e. The number of hydrogen-bond acceptors (Lipinski definition) is 6. The van der Waals surface area contributed by atoms with Crippen LogP contribution < -0.4 is 9.92 Å². The Hall–Kier alpha value is -2.10. The lowest BCUT2D eigenvalue weighted by Crippen LogP contribution is -2.09. The standard InChI is InChI=1S/C16H11BrN2O4S2/c17-12-8-10(9-14-15(20)19-16(18)24-14)6-7-13(12)23-25(21,22)11-4-2-1-3-5-11/h1-9H,(H2,18,19,20)/b14-9-. The SMILES string of the molecule is NC1=NC(=O)/C(=C/c2ccc(OS(=O)(=O)c3ccccc3)c(Br)c2)S1. The summed E-state index contributed by atoms with van der Waals surface area (Å²) < 4.78 is 30.1. The molecule has 25 heavy (non-hydrogen) atoms. The Morgan fingerprint density at radius 3 is 2.48 bits per heavy atom. The van der Waals surface area contributed by atoms with Crippen molar-refractivity contribution in [2.24, 2.45) is 10.7 Å². The lowest BCUT2D eigenvalue weighted by molar-refractivity contribution is -0.113. The normalized spacial score (nSPS) is 16.1. The molecular weight excluding hydrogens is 428 g/mol. The van der Waals surface area contributed by atoms with Crippen LogP contribution in [0.1, 0.15) is 5.56 Å². The van der Waals surface area contributed by atoms with Crippen LogP contribution in [0, 0.1) is 0 Å². The largest absolute Gasteiger partial charge is 0.378 e. The zero-order valence-electron chi connectivity index (χ0n) is 12.5. The van der Waals surface area contributed by atoms with Crippen LogP contribution in [0.4, 0.5) is 0 Å². The summed E-state index contributed by atoms with van der Waals surface area (Å²) in [4.78, 5) is 15.7. The Kier molecular flexibility index (Phi) is 4.98. The monoisotopic (exact) mass is 438 g/mol. The van der Waals surface area contributed by atoms with Crippen molar-refractivity contribution in [1.82, 2.24) is 0 Å². The molecule has 6 nitrogen and oxygen atoms in total. The highest BCUT2D eigenvalue weighted by Crippen LogP contribution is 2.31. The van der Waals surface area contributed by atoms with Crippen molar-refractivity contribution in [3.05, 3.63) is 63.5 Å². The maximum Gasteiger partial charge on any atom is 0.339 e. The summed E-state index contributed by atoms with van der Waals surface area (Å²) in [5, 5.41) is 0.198. The fraction of sp³-hybridized carbons (Fsp3) is 0. The minimum atomic E-state index is -3.93. The lowest BCUT2D eigenvalue weighted by Gasteiger charge is -2.09. The van der Waals surface area contributed by atoms with E-state index in [0.717, 1.165) is 11.8 Å². The molecule has 2 N–H and O–H groups in total. The Bertz CT molecular complexity index is 1000. The van der Waals surface area contributed by atoms with Crippen LogP contribution >= 0.6 is 27.7 Å². The lowest BCUT2D eigenvalue weighted by atomic mass is 10.2. The van der Waals surface area contributed by atoms with Gasteiger partial charge in [0, 0.05) is 0 Å². The molecule has 1 aliphatic rings. The van der Waals surface area contributed by atoms with Gasteiger partial charge in [-0.3, -0.25) is 4.79 Å². The Labute approximate surface area is 157 Å². The van der Waals surface area contributed by atoms with Crippen LogP contribution in [0.25, 0.3) is 6.08 Å². The van der Waals surface area contributed by atoms with Gasteiger partial charge >= 0.3 is 10.1 Å². The summed E-state index contributed by atoms with van der Waals surface area (Å²) in [6.45, 7) is 0. The minimum absolute atomic E-state index is 0.0636. The van der Waals surface area contributed by atoms with Crippen LogP contribution in [0.5, 0.6) is 5.75 Å². The van der Waals surface area contributed by atoms with Crippen LogP contribution in [-0.2, 0) is 14.9 Å². The Balaban J connectivity index is 1.84. The predicted octanol–water partition coefficient (Wildman–Crippen LogP) is 3.15. The molecule has 1 aliphatic heterocycles. The first-order valence-corrected chi connectivity index (χ1v) is 9.94. The van der Waals surface area contributed by atoms with Crippen LogP contribution in [0.15, 0.2) is 67.8 Å². The Morgan fingerprint density at radius 2 is 1.88 bits per heavy atom. The summed E-state index contributed by atoms with van der Waals surface area (Å²) in [6.07, 6.45) is 1.62. The molecule has 0 unspecified atom stereocenters. The van der Waals surface area contributed by atoms with Crippen molar-refractivity contribution in [2.45, 2.75) is 4.90 Å². The maximum absolute atomic E-state index is 12.3. The fourth-order valence-corrected chi connectivity index (χ4v) is 4.24. The van der Waals surface area contributed by atoms with Gasteiger partial charge in [-0.15, -0.1) is 0 Å². The van der Waals surface area contributed by atoms with Crippen LogP contribution in [-0.4, -0.2) is 19.5 Å². The van der Waals surface area contributed by atoms with Crippen molar-refractivity contribution in [1.29, 1.82) is 0 Å². The molecule has 1 heterocycles. The molecular formula is C16H11BrN2O4S2. The zero-order valence-corrected chi connectivity index (χ0v) is 15.8. The van der Waals surface area contributed by atoms with E-state index < -0.39 is 16.0 Å². The molecule has 0 aliphatic carbocycles. The number of aliphatic imine (C=N–C) groups is 1. The third kappa shape index (κ3) is 4.12. The number of nitrogens with zero attached hydrogens (tertiary/aromatic N) is 1. The molecule has 3 rings (SSSR count). The first-order chi connectivity index (χ1) is 11.8. The number of hydrogen-bond donors (Lipinski definition) is 1. The van der Waals surface area contributed by atoms with Crippen molar-refractivity contribution < 1.29 is 17.4 Å². The van der Waals surface area contributed by atoms with Gasteiger partial charge in [0.05, 0.1) is 9.38 Å². The quantitative estimate of drug-likeness (QED) is 0.581. The van der Waals surface area contributed by atoms with Crippen molar-refractivity contribution >= 4 is 55.0 Å². The van der Waals surface area contributed by atoms with E-state index in [2.05, 4.69) is 20.9 Å². The van der Waals surface area contributed by atoms with E-state index in [1.54, 1.807) is 36.4 Å². The fourth-order valence-electron chi connectivity index (χ4n) is 2.00. The molecule has 0 saturated heterocycles. The topological polar surface area (TPSA) is 98.8 Å². The molecule has 1 amide bonds. The molecule has 0 radical (unpaired) electrons. The second-order valence-electron chi connectivity index (χ2n) is 4.91. The van der Waals surface area contributed by atoms with E-state index in [9.17, 15) is 13.2 Å². The van der Waals surface area contributed by atoms with E-state index in [-0.39, 0.29) is 15.8 Å². The van der Waals surface area contributed by atoms with Gasteiger partial charge in [-0.1, -0.05) is 24.3 Å². The van der Waals surface area contributed by atoms with Crippen LogP contribution in [0.2, 0.25) is 0 Å². The van der Waals surface area contributed by atoms with Crippen molar-refractivity contribution in [3.8, 4) is 5.75 Å². The first-order valence-electron chi connectivity index (χ1n) is 6.92. The van der Waals surface area contributed by atoms with Gasteiger partial charge in [-0.2, -0.15) is 13.4 Å². The van der Waals surface area contributed by atoms with Gasteiger partial charge in [0.2, 0.25) is 0 Å². The summed E-state index contributed by atoms with van der Waals surface area (Å²) in [6, 6.07) is 12.6. The maximum atomic E-state index is 12.3. The van der Waals surface area contributed by atoms with Gasteiger partial charge in [0.1, 0.15) is 4.90 Å². The van der Waals surface area contributed by atoms with E-state index in [1.165, 1.54) is 18.2 Å². The number of thioether (sulfide) groups is 1. The molecule has 0 aromatic heterocycles. The first kappa shape index (κ1) is 17.7. The van der Waals surface area contributed by atoms with Crippen molar-refractivity contribution in [3.63, 3.8) is 0 Å². The highest BCUT2D eigenvalue weighted by Gasteiger charge is 2.20. The number of nitrogens with two attached hydrogens (primary N) is 1. The molecule has 128 valence electrons. The molecule has 2 aromatic rings. The summed E-state index contributed by atoms with van der Waals surface area (Å²) in [7, 11) is -3.93. The van der Waals surface area contributed by atoms with Gasteiger partial charge in [-0.05, 0) is 63.6 Å². The number of halogens is 1. The van der Waals surface area contributed by atoms with Gasteiger partial charge in [0.15, 0.2) is 10.9 Å². The number of amidine groups is 1. The highest BCUT2D eigenvalue weighted by atomic mass is 79.9. The number of benzene rings is 2. The second kappa shape index (κ2) is 7.03. The smallest absolute Gasteiger partial charge is 0.339 e. The number of carbonyl (C=O) groups is 1. The summed E-state index contributed by atoms with van der Waals surface area (Å²) in [5.74, 6) is -0.252. The van der Waals surface area contributed by atoms with Gasteiger partial charge in [-0.25, -0.2) is 0 Å². The molecule has 0 bridgehead atoms. The van der Waals surface area contributed by atoms with E-state index in [4.69, 9.17) is 9.92 Å². The molecule has 2 aromatic carbocycles. The van der Waals surface area contributed by atoms with Crippen molar-refractivity contribution in [2.75, 3.05) is 0 Å². The molecule has 0 saturated carbocycles. The summed E-state index contributed by atoms with van der Waals surface area (Å²) in [5.41, 5.74) is 6.18. The average molecular weight is 439 g/mol. The summed E-state index contributed by atoms with van der Waals surface area (Å²) >= 11 is 4.37. The second-order valence-corrected chi connectivity index (χ2v) is 8.37. The molecule has 9 heteroatoms. The number of amides is 1. The zero-order chi connectivity index (χ0) is 18.0. The number of carbonyl (C=O) groups excluding carboxylic acids is 1. The Morgan fingerprint density at radius 1 is 1.16 bits per heavy atom. The van der Waals surface area contributed by atoms with Crippen LogP contribution in [0.3, 0.4) is 0 Å².